The summed E-state index contributed by atoms with van der Waals surface area (Å²) < 4.78 is 24.5. The topological polar surface area (TPSA) is 257 Å². The van der Waals surface area contributed by atoms with E-state index in [1.54, 1.807) is 36.4 Å². The van der Waals surface area contributed by atoms with Crippen LogP contribution in [-0.2, 0) is 49.1 Å². The van der Waals surface area contributed by atoms with E-state index in [9.17, 15) is 40.8 Å². The number of aromatic nitrogens is 2. The Hall–Kier alpha value is -8.22. The average molecular weight is 952 g/mol. The van der Waals surface area contributed by atoms with Gasteiger partial charge in [-0.2, -0.15) is 31.0 Å². The van der Waals surface area contributed by atoms with Crippen molar-refractivity contribution in [3.05, 3.63) is 162 Å². The molecule has 0 saturated heterocycles. The van der Waals surface area contributed by atoms with Gasteiger partial charge in [0.2, 0.25) is 23.5 Å². The smallest absolute Gasteiger partial charge is 0.317 e. The molecule has 6 aromatic rings. The van der Waals surface area contributed by atoms with Crippen LogP contribution in [0.15, 0.2) is 84.9 Å². The lowest BCUT2D eigenvalue weighted by atomic mass is 9.92. The van der Waals surface area contributed by atoms with Crippen molar-refractivity contribution in [3.63, 3.8) is 0 Å². The third kappa shape index (κ3) is 13.0. The SMILES string of the molecule is Cc1c(COc2nc(OCc3cc(C#N)cc(C#N)c3)c(CNCC(=O)O)cc2Cl)cccc1-c1cccc(COc2nc(OCc3cc(C#N)cc(C#N)c3)c(CNCC(=O)O)cc2Cl)c1C. The van der Waals surface area contributed by atoms with E-state index >= 15 is 0 Å². The van der Waals surface area contributed by atoms with E-state index < -0.39 is 11.9 Å². The molecule has 0 bridgehead atoms. The number of carboxylic acids is 2. The molecule has 0 atom stereocenters. The monoisotopic (exact) mass is 950 g/mol. The molecule has 6 rings (SSSR count). The zero-order valence-corrected chi connectivity index (χ0v) is 38.0. The van der Waals surface area contributed by atoms with Crippen molar-refractivity contribution >= 4 is 35.1 Å². The first-order valence-electron chi connectivity index (χ1n) is 20.6. The van der Waals surface area contributed by atoms with Crippen molar-refractivity contribution in [2.75, 3.05) is 13.1 Å². The first-order valence-corrected chi connectivity index (χ1v) is 21.3. The Balaban J connectivity index is 1.20. The molecule has 18 heteroatoms. The fourth-order valence-electron chi connectivity index (χ4n) is 6.97. The number of nitrogens with zero attached hydrogens (tertiary/aromatic N) is 6. The van der Waals surface area contributed by atoms with Crippen LogP contribution in [0.1, 0.15) is 66.8 Å². The minimum absolute atomic E-state index is 0.0556. The highest BCUT2D eigenvalue weighted by molar-refractivity contribution is 6.32. The Labute approximate surface area is 401 Å². The van der Waals surface area contributed by atoms with Gasteiger partial charge in [-0.3, -0.25) is 9.59 Å². The van der Waals surface area contributed by atoms with Gasteiger partial charge in [0, 0.05) is 24.2 Å². The predicted molar refractivity (Wildman–Crippen MR) is 248 cm³/mol. The van der Waals surface area contributed by atoms with Gasteiger partial charge in [-0.15, -0.1) is 0 Å². The fourth-order valence-corrected chi connectivity index (χ4v) is 7.43. The molecule has 2 aromatic heterocycles. The number of pyridine rings is 2. The maximum absolute atomic E-state index is 11.2. The van der Waals surface area contributed by atoms with E-state index in [1.165, 1.54) is 12.1 Å². The summed E-state index contributed by atoms with van der Waals surface area (Å²) in [6.45, 7) is 3.45. The van der Waals surface area contributed by atoms with Crippen LogP contribution in [0.3, 0.4) is 0 Å². The van der Waals surface area contributed by atoms with Crippen molar-refractivity contribution in [2.45, 2.75) is 53.4 Å². The summed E-state index contributed by atoms with van der Waals surface area (Å²) in [6, 6.07) is 32.2. The molecular formula is C50H40Cl2N8O8. The molecule has 0 aliphatic heterocycles. The van der Waals surface area contributed by atoms with Crippen molar-refractivity contribution in [1.82, 2.24) is 20.6 Å². The molecule has 0 aliphatic carbocycles. The van der Waals surface area contributed by atoms with Crippen LogP contribution in [0.4, 0.5) is 0 Å². The van der Waals surface area contributed by atoms with Crippen molar-refractivity contribution < 1.29 is 38.7 Å². The van der Waals surface area contributed by atoms with Gasteiger partial charge in [-0.05, 0) is 107 Å². The molecule has 0 aliphatic rings. The molecule has 2 heterocycles. The standard InChI is InChI=1S/C50H40Cl2N8O8/c1-29-37(27-67-49-43(51)15-39(21-57-23-45(61)62)47(59-49)65-25-35-11-31(17-53)9-32(12-35)18-54)5-3-7-41(29)42-8-4-6-38(30(42)2)28-68-50-44(52)16-40(22-58-24-46(63)64)48(60-50)66-26-36-13-33(19-55)10-34(14-36)20-56/h3-16,57-58H,21-28H2,1-2H3,(H,61,62)(H,63,64). The normalized spacial score (nSPS) is 10.5. The minimum atomic E-state index is -1.05. The highest BCUT2D eigenvalue weighted by atomic mass is 35.5. The molecule has 0 unspecified atom stereocenters. The molecule has 0 amide bonds. The maximum Gasteiger partial charge on any atom is 0.317 e. The zero-order chi connectivity index (χ0) is 48.7. The Bertz CT molecular complexity index is 2800. The Morgan fingerprint density at radius 1 is 0.529 bits per heavy atom. The van der Waals surface area contributed by atoms with E-state index in [1.807, 2.05) is 74.5 Å². The Kier molecular flexibility index (Phi) is 16.9. The van der Waals surface area contributed by atoms with Crippen LogP contribution in [-0.4, -0.2) is 45.2 Å². The van der Waals surface area contributed by atoms with Gasteiger partial charge < -0.3 is 39.8 Å². The number of carbonyl (C=O) groups is 2. The lowest BCUT2D eigenvalue weighted by Crippen LogP contribution is -2.22. The van der Waals surface area contributed by atoms with Crippen LogP contribution in [0.2, 0.25) is 10.0 Å². The third-order valence-electron chi connectivity index (χ3n) is 10.3. The number of halogens is 2. The number of rotatable bonds is 21. The molecule has 0 radical (unpaired) electrons. The second-order valence-electron chi connectivity index (χ2n) is 15.1. The van der Waals surface area contributed by atoms with Crippen molar-refractivity contribution in [2.24, 2.45) is 0 Å². The Morgan fingerprint density at radius 2 is 0.882 bits per heavy atom. The van der Waals surface area contributed by atoms with Gasteiger partial charge >= 0.3 is 11.9 Å². The molecule has 4 N–H and O–H groups in total. The summed E-state index contributed by atoms with van der Waals surface area (Å²) in [5, 5.41) is 62.0. The van der Waals surface area contributed by atoms with Crippen LogP contribution in [0.25, 0.3) is 11.1 Å². The number of benzene rings is 4. The number of nitriles is 4. The lowest BCUT2D eigenvalue weighted by Gasteiger charge is -2.18. The van der Waals surface area contributed by atoms with E-state index in [4.69, 9.17) is 42.1 Å². The van der Waals surface area contributed by atoms with Gasteiger partial charge in [0.25, 0.3) is 0 Å². The predicted octanol–water partition coefficient (Wildman–Crippen LogP) is 8.22. The van der Waals surface area contributed by atoms with Crippen molar-refractivity contribution in [3.8, 4) is 58.9 Å². The summed E-state index contributed by atoms with van der Waals surface area (Å²) in [7, 11) is 0. The molecule has 16 nitrogen and oxygen atoms in total. The van der Waals surface area contributed by atoms with Gasteiger partial charge in [0.05, 0.1) is 59.6 Å². The fraction of sp³-hybridized carbons (Fsp3) is 0.200. The number of aliphatic carboxylic acids is 2. The number of ether oxygens (including phenoxy) is 4. The molecule has 68 heavy (non-hydrogen) atoms. The quantitative estimate of drug-likeness (QED) is 0.0530. The van der Waals surface area contributed by atoms with Crippen LogP contribution < -0.4 is 29.6 Å². The van der Waals surface area contributed by atoms with E-state index in [-0.39, 0.29) is 108 Å². The van der Waals surface area contributed by atoms with E-state index in [0.717, 1.165) is 33.4 Å². The van der Waals surface area contributed by atoms with Crippen LogP contribution in [0.5, 0.6) is 23.5 Å². The number of nitrogens with one attached hydrogen (secondary N) is 2. The maximum atomic E-state index is 11.2. The second kappa shape index (κ2) is 23.3. The van der Waals surface area contributed by atoms with Crippen LogP contribution in [0, 0.1) is 59.2 Å². The van der Waals surface area contributed by atoms with Gasteiger partial charge in [-0.1, -0.05) is 59.6 Å². The molecular weight excluding hydrogens is 912 g/mol. The highest BCUT2D eigenvalue weighted by Crippen LogP contribution is 2.35. The minimum Gasteiger partial charge on any atom is -0.480 e. The first-order chi connectivity index (χ1) is 32.8. The summed E-state index contributed by atoms with van der Waals surface area (Å²) in [5.41, 5.74) is 8.53. The molecule has 342 valence electrons. The molecule has 0 fully saturated rings. The van der Waals surface area contributed by atoms with E-state index in [0.29, 0.717) is 22.3 Å². The van der Waals surface area contributed by atoms with Gasteiger partial charge in [-0.25, -0.2) is 0 Å². The largest absolute Gasteiger partial charge is 0.480 e. The van der Waals surface area contributed by atoms with Crippen LogP contribution >= 0.6 is 23.2 Å². The molecule has 0 spiro atoms. The summed E-state index contributed by atoms with van der Waals surface area (Å²) in [5.74, 6) is -1.74. The van der Waals surface area contributed by atoms with Crippen molar-refractivity contribution in [1.29, 1.82) is 21.0 Å². The highest BCUT2D eigenvalue weighted by Gasteiger charge is 2.19. The Morgan fingerprint density at radius 3 is 1.22 bits per heavy atom. The summed E-state index contributed by atoms with van der Waals surface area (Å²) in [4.78, 5) is 31.5. The first kappa shape index (κ1) is 49.2. The molecule has 4 aromatic carbocycles. The van der Waals surface area contributed by atoms with Gasteiger partial charge in [0.15, 0.2) is 0 Å². The lowest BCUT2D eigenvalue weighted by molar-refractivity contribution is -0.137. The summed E-state index contributed by atoms with van der Waals surface area (Å²) >= 11 is 13.3. The zero-order valence-electron chi connectivity index (χ0n) is 36.5. The molecule has 0 saturated carbocycles. The van der Waals surface area contributed by atoms with E-state index in [2.05, 4.69) is 20.6 Å². The number of carboxylic acid groups (broad SMARTS) is 2. The number of hydrogen-bond acceptors (Lipinski definition) is 14. The number of hydrogen-bond donors (Lipinski definition) is 4. The summed E-state index contributed by atoms with van der Waals surface area (Å²) in [6.07, 6.45) is 0. The second-order valence-corrected chi connectivity index (χ2v) is 15.9. The third-order valence-corrected chi connectivity index (χ3v) is 10.9. The average Bonchev–Trinajstić information content (AvgIpc) is 3.33. The van der Waals surface area contributed by atoms with Gasteiger partial charge in [0.1, 0.15) is 36.5 Å².